The van der Waals surface area contributed by atoms with Crippen LogP contribution >= 0.6 is 58.9 Å². The maximum atomic E-state index is 12.6. The number of nitrogens with one attached hydrogen (secondary N) is 1. The minimum atomic E-state index is 0.00406. The molecule has 1 N–H and O–H groups in total. The zero-order valence-electron chi connectivity index (χ0n) is 18.6. The summed E-state index contributed by atoms with van der Waals surface area (Å²) in [5.41, 5.74) is 0.469. The number of pyridine rings is 1. The Morgan fingerprint density at radius 3 is 2.24 bits per heavy atom. The van der Waals surface area contributed by atoms with Crippen LogP contribution in [0.15, 0.2) is 74.2 Å². The standard InChI is InChI=1S/C24H25Cl2N3OS3/c1-4-20(30)24-22(31-17-8-10-18(11-9-17)33-29(5-2)6-3)13-14-23(27-24)28-32-21-12-7-16(25)15-19(21)26/h7-15H,4-6H2,1-3H3,(H,27,28). The summed E-state index contributed by atoms with van der Waals surface area (Å²) in [6, 6.07) is 17.5. The first-order valence-electron chi connectivity index (χ1n) is 10.6. The van der Waals surface area contributed by atoms with Crippen LogP contribution in [0.3, 0.4) is 0 Å². The molecule has 0 aliphatic heterocycles. The van der Waals surface area contributed by atoms with E-state index >= 15 is 0 Å². The minimum Gasteiger partial charge on any atom is -0.310 e. The molecular weight excluding hydrogens is 513 g/mol. The van der Waals surface area contributed by atoms with Crippen molar-refractivity contribution in [3.05, 3.63) is 70.3 Å². The van der Waals surface area contributed by atoms with Gasteiger partial charge in [-0.2, -0.15) is 0 Å². The van der Waals surface area contributed by atoms with Gasteiger partial charge in [-0.1, -0.05) is 55.7 Å². The molecule has 174 valence electrons. The molecule has 1 aromatic heterocycles. The number of rotatable bonds is 11. The minimum absolute atomic E-state index is 0.00406. The van der Waals surface area contributed by atoms with Gasteiger partial charge in [0.25, 0.3) is 0 Å². The average molecular weight is 539 g/mol. The third-order valence-electron chi connectivity index (χ3n) is 4.59. The van der Waals surface area contributed by atoms with E-state index in [2.05, 4.69) is 52.1 Å². The van der Waals surface area contributed by atoms with E-state index in [4.69, 9.17) is 23.2 Å². The molecule has 0 spiro atoms. The Bertz CT molecular complexity index is 1090. The number of ketones is 1. The van der Waals surface area contributed by atoms with Gasteiger partial charge in [-0.15, -0.1) is 0 Å². The normalized spacial score (nSPS) is 11.1. The van der Waals surface area contributed by atoms with Gasteiger partial charge >= 0.3 is 0 Å². The van der Waals surface area contributed by atoms with Crippen molar-refractivity contribution in [3.63, 3.8) is 0 Å². The van der Waals surface area contributed by atoms with Crippen LogP contribution in [-0.4, -0.2) is 28.2 Å². The fraction of sp³-hybridized carbons (Fsp3) is 0.250. The number of anilines is 1. The molecule has 3 rings (SSSR count). The Balaban J connectivity index is 1.74. The number of hydrogen-bond donors (Lipinski definition) is 1. The van der Waals surface area contributed by atoms with Crippen molar-refractivity contribution in [2.24, 2.45) is 0 Å². The van der Waals surface area contributed by atoms with E-state index in [1.807, 2.05) is 25.1 Å². The molecule has 0 aliphatic rings. The Hall–Kier alpha value is -1.35. The second-order valence-corrected chi connectivity index (χ2v) is 10.9. The molecular formula is C24H25Cl2N3OS3. The van der Waals surface area contributed by atoms with E-state index in [9.17, 15) is 4.79 Å². The highest BCUT2D eigenvalue weighted by Crippen LogP contribution is 2.34. The molecule has 9 heteroatoms. The van der Waals surface area contributed by atoms with E-state index < -0.39 is 0 Å². The van der Waals surface area contributed by atoms with Gasteiger partial charge in [-0.3, -0.25) is 4.79 Å². The van der Waals surface area contributed by atoms with Crippen molar-refractivity contribution >= 4 is 70.5 Å². The number of benzene rings is 2. The lowest BCUT2D eigenvalue weighted by atomic mass is 10.2. The van der Waals surface area contributed by atoms with Gasteiger partial charge in [-0.25, -0.2) is 9.29 Å². The summed E-state index contributed by atoms with van der Waals surface area (Å²) in [7, 11) is 0. The van der Waals surface area contributed by atoms with Gasteiger partial charge in [0, 0.05) is 44.1 Å². The summed E-state index contributed by atoms with van der Waals surface area (Å²) >= 11 is 16.8. The van der Waals surface area contributed by atoms with E-state index in [0.717, 1.165) is 27.8 Å². The molecule has 0 saturated carbocycles. The first kappa shape index (κ1) is 26.3. The third-order valence-corrected chi connectivity index (χ3v) is 8.46. The Morgan fingerprint density at radius 1 is 0.939 bits per heavy atom. The van der Waals surface area contributed by atoms with Crippen LogP contribution in [0.2, 0.25) is 10.0 Å². The van der Waals surface area contributed by atoms with E-state index in [0.29, 0.717) is 28.0 Å². The van der Waals surface area contributed by atoms with Crippen LogP contribution in [0.1, 0.15) is 37.7 Å². The largest absolute Gasteiger partial charge is 0.310 e. The summed E-state index contributed by atoms with van der Waals surface area (Å²) in [4.78, 5) is 21.2. The van der Waals surface area contributed by atoms with Gasteiger partial charge in [0.05, 0.1) is 5.02 Å². The summed E-state index contributed by atoms with van der Waals surface area (Å²) in [5, 5.41) is 1.14. The first-order chi connectivity index (χ1) is 15.9. The number of carbonyl (C=O) groups excluding carboxylic acids is 1. The number of nitrogens with zero attached hydrogens (tertiary/aromatic N) is 2. The molecule has 0 atom stereocenters. The predicted molar refractivity (Wildman–Crippen MR) is 144 cm³/mol. The SMILES string of the molecule is CCC(=O)c1nc(NSc2ccc(Cl)cc2Cl)ccc1Sc1ccc(SN(CC)CC)cc1. The highest BCUT2D eigenvalue weighted by molar-refractivity contribution is 8.00. The molecule has 0 amide bonds. The monoisotopic (exact) mass is 537 g/mol. The highest BCUT2D eigenvalue weighted by Gasteiger charge is 2.15. The van der Waals surface area contributed by atoms with Crippen molar-refractivity contribution in [1.82, 2.24) is 9.29 Å². The first-order valence-corrected chi connectivity index (χ1v) is 13.7. The van der Waals surface area contributed by atoms with Crippen LogP contribution in [0.5, 0.6) is 0 Å². The topological polar surface area (TPSA) is 45.2 Å². The Kier molecular flexibility index (Phi) is 10.3. The lowest BCUT2D eigenvalue weighted by molar-refractivity contribution is 0.0980. The summed E-state index contributed by atoms with van der Waals surface area (Å²) in [5.74, 6) is 0.600. The van der Waals surface area contributed by atoms with Crippen molar-refractivity contribution < 1.29 is 4.79 Å². The molecule has 0 saturated heterocycles. The molecule has 0 radical (unpaired) electrons. The van der Waals surface area contributed by atoms with E-state index in [1.54, 1.807) is 35.8 Å². The van der Waals surface area contributed by atoms with E-state index in [-0.39, 0.29) is 5.78 Å². The molecule has 3 aromatic rings. The zero-order valence-corrected chi connectivity index (χ0v) is 22.6. The average Bonchev–Trinajstić information content (AvgIpc) is 2.83. The Morgan fingerprint density at radius 2 is 1.61 bits per heavy atom. The molecule has 0 unspecified atom stereocenters. The fourth-order valence-corrected chi connectivity index (χ4v) is 5.69. The fourth-order valence-electron chi connectivity index (χ4n) is 2.82. The highest BCUT2D eigenvalue weighted by atomic mass is 35.5. The number of Topliss-reactive ketones (excluding diaryl/α,β-unsaturated/α-hetero) is 1. The summed E-state index contributed by atoms with van der Waals surface area (Å²) in [6.45, 7) is 8.14. The number of hydrogen-bond acceptors (Lipinski definition) is 7. The van der Waals surface area contributed by atoms with Crippen LogP contribution in [0.4, 0.5) is 5.82 Å². The van der Waals surface area contributed by atoms with Crippen LogP contribution in [-0.2, 0) is 0 Å². The second-order valence-electron chi connectivity index (χ2n) is 6.88. The number of halogens is 2. The summed E-state index contributed by atoms with van der Waals surface area (Å²) < 4.78 is 5.47. The lowest BCUT2D eigenvalue weighted by Crippen LogP contribution is -2.13. The number of carbonyl (C=O) groups is 1. The van der Waals surface area contributed by atoms with Gasteiger partial charge in [0.15, 0.2) is 5.78 Å². The molecule has 2 aromatic carbocycles. The third kappa shape index (κ3) is 7.57. The maximum Gasteiger partial charge on any atom is 0.182 e. The molecule has 0 bridgehead atoms. The molecule has 0 fully saturated rings. The molecule has 33 heavy (non-hydrogen) atoms. The van der Waals surface area contributed by atoms with Crippen LogP contribution < -0.4 is 4.72 Å². The van der Waals surface area contributed by atoms with Gasteiger partial charge < -0.3 is 4.72 Å². The van der Waals surface area contributed by atoms with Gasteiger partial charge in [0.2, 0.25) is 0 Å². The maximum absolute atomic E-state index is 12.6. The van der Waals surface area contributed by atoms with Crippen molar-refractivity contribution in [1.29, 1.82) is 0 Å². The predicted octanol–water partition coefficient (Wildman–Crippen LogP) is 8.60. The smallest absolute Gasteiger partial charge is 0.182 e. The Labute approximate surface area is 218 Å². The molecule has 1 heterocycles. The lowest BCUT2D eigenvalue weighted by Gasteiger charge is -2.16. The zero-order chi connectivity index (χ0) is 23.8. The van der Waals surface area contributed by atoms with Gasteiger partial charge in [0.1, 0.15) is 11.5 Å². The van der Waals surface area contributed by atoms with Gasteiger partial charge in [-0.05, 0) is 78.5 Å². The quantitative estimate of drug-likeness (QED) is 0.194. The van der Waals surface area contributed by atoms with Crippen LogP contribution in [0, 0.1) is 0 Å². The van der Waals surface area contributed by atoms with Crippen LogP contribution in [0.25, 0.3) is 0 Å². The number of aromatic nitrogens is 1. The van der Waals surface area contributed by atoms with E-state index in [1.165, 1.54) is 16.8 Å². The second kappa shape index (κ2) is 12.9. The summed E-state index contributed by atoms with van der Waals surface area (Å²) in [6.07, 6.45) is 0.389. The van der Waals surface area contributed by atoms with Crippen molar-refractivity contribution in [2.75, 3.05) is 17.8 Å². The molecule has 0 aliphatic carbocycles. The van der Waals surface area contributed by atoms with Crippen molar-refractivity contribution in [3.8, 4) is 0 Å². The molecule has 4 nitrogen and oxygen atoms in total. The van der Waals surface area contributed by atoms with Crippen molar-refractivity contribution in [2.45, 2.75) is 46.8 Å².